The van der Waals surface area contributed by atoms with Gasteiger partial charge in [0.2, 0.25) is 0 Å². The van der Waals surface area contributed by atoms with E-state index in [1.54, 1.807) is 11.8 Å². The third-order valence-electron chi connectivity index (χ3n) is 2.06. The number of aliphatic imine (C=N–C) groups is 1. The van der Waals surface area contributed by atoms with Gasteiger partial charge < -0.3 is 4.74 Å². The average Bonchev–Trinajstić information content (AvgIpc) is 2.53. The van der Waals surface area contributed by atoms with Gasteiger partial charge in [-0.2, -0.15) is 0 Å². The van der Waals surface area contributed by atoms with Crippen molar-refractivity contribution in [1.29, 1.82) is 0 Å². The van der Waals surface area contributed by atoms with Crippen LogP contribution >= 0.6 is 11.8 Å². The molecule has 0 radical (unpaired) electrons. The Morgan fingerprint density at radius 3 is 2.92 bits per heavy atom. The molecule has 1 unspecified atom stereocenters. The van der Waals surface area contributed by atoms with E-state index in [0.29, 0.717) is 6.04 Å². The van der Waals surface area contributed by atoms with Crippen molar-refractivity contribution in [1.82, 2.24) is 10.4 Å². The fourth-order valence-electron chi connectivity index (χ4n) is 1.35. The van der Waals surface area contributed by atoms with Crippen LogP contribution in [0.1, 0.15) is 6.92 Å². The van der Waals surface area contributed by atoms with Gasteiger partial charge in [0.15, 0.2) is 5.17 Å². The Labute approximate surface area is 82.7 Å². The Morgan fingerprint density at radius 1 is 1.54 bits per heavy atom. The fourth-order valence-corrected chi connectivity index (χ4v) is 2.27. The maximum Gasteiger partial charge on any atom is 0.171 e. The number of hydrogen-bond donors (Lipinski definition) is 1. The normalized spacial score (nSPS) is 30.2. The van der Waals surface area contributed by atoms with Crippen LogP contribution in [-0.2, 0) is 4.74 Å². The van der Waals surface area contributed by atoms with Crippen molar-refractivity contribution in [3.05, 3.63) is 0 Å². The van der Waals surface area contributed by atoms with Crippen LogP contribution in [0, 0.1) is 0 Å². The predicted molar refractivity (Wildman–Crippen MR) is 54.9 cm³/mol. The van der Waals surface area contributed by atoms with Crippen molar-refractivity contribution in [3.63, 3.8) is 0 Å². The van der Waals surface area contributed by atoms with Gasteiger partial charge in [0.1, 0.15) is 0 Å². The van der Waals surface area contributed by atoms with Crippen molar-refractivity contribution >= 4 is 16.9 Å². The molecule has 0 spiro atoms. The molecule has 2 heterocycles. The van der Waals surface area contributed by atoms with Crippen LogP contribution in [0.25, 0.3) is 0 Å². The van der Waals surface area contributed by atoms with E-state index in [4.69, 9.17) is 4.74 Å². The zero-order valence-corrected chi connectivity index (χ0v) is 8.64. The first-order chi connectivity index (χ1) is 6.34. The zero-order chi connectivity index (χ0) is 9.10. The molecule has 0 saturated carbocycles. The molecule has 2 aliphatic rings. The van der Waals surface area contributed by atoms with Gasteiger partial charge in [-0.15, -0.1) is 0 Å². The van der Waals surface area contributed by atoms with Crippen LogP contribution in [0.5, 0.6) is 0 Å². The summed E-state index contributed by atoms with van der Waals surface area (Å²) in [6.07, 6.45) is 0. The summed E-state index contributed by atoms with van der Waals surface area (Å²) in [5.74, 6) is 1.10. The lowest BCUT2D eigenvalue weighted by Crippen LogP contribution is -2.47. The Morgan fingerprint density at radius 2 is 2.31 bits per heavy atom. The summed E-state index contributed by atoms with van der Waals surface area (Å²) in [6, 6.07) is 0.466. The van der Waals surface area contributed by atoms with Crippen LogP contribution in [0.2, 0.25) is 0 Å². The third kappa shape index (κ3) is 2.59. The SMILES string of the molecule is CC1CSC(NN2CCOCC2)=N1. The van der Waals surface area contributed by atoms with E-state index < -0.39 is 0 Å². The molecule has 13 heavy (non-hydrogen) atoms. The minimum Gasteiger partial charge on any atom is -0.379 e. The van der Waals surface area contributed by atoms with Crippen molar-refractivity contribution in [2.75, 3.05) is 32.1 Å². The second-order valence-corrected chi connectivity index (χ2v) is 4.31. The van der Waals surface area contributed by atoms with E-state index in [0.717, 1.165) is 37.2 Å². The number of nitrogens with one attached hydrogen (secondary N) is 1. The summed E-state index contributed by atoms with van der Waals surface area (Å²) in [5, 5.41) is 3.24. The summed E-state index contributed by atoms with van der Waals surface area (Å²) < 4.78 is 5.26. The van der Waals surface area contributed by atoms with Gasteiger partial charge in [-0.1, -0.05) is 11.8 Å². The number of morpholine rings is 1. The van der Waals surface area contributed by atoms with E-state index in [2.05, 4.69) is 22.4 Å². The van der Waals surface area contributed by atoms with Crippen molar-refractivity contribution in [3.8, 4) is 0 Å². The Kier molecular flexibility index (Phi) is 3.08. The molecule has 5 heteroatoms. The smallest absolute Gasteiger partial charge is 0.171 e. The monoisotopic (exact) mass is 201 g/mol. The number of hydrogen-bond acceptors (Lipinski definition) is 5. The summed E-state index contributed by atoms with van der Waals surface area (Å²) in [6.45, 7) is 5.68. The lowest BCUT2D eigenvalue weighted by molar-refractivity contribution is 0.0253. The minimum absolute atomic E-state index is 0.466. The van der Waals surface area contributed by atoms with Crippen LogP contribution in [0.4, 0.5) is 0 Å². The Hall–Kier alpha value is -0.260. The molecule has 1 atom stereocenters. The van der Waals surface area contributed by atoms with Crippen LogP contribution < -0.4 is 5.43 Å². The van der Waals surface area contributed by atoms with E-state index in [9.17, 15) is 0 Å². The summed E-state index contributed by atoms with van der Waals surface area (Å²) in [4.78, 5) is 4.47. The van der Waals surface area contributed by atoms with Gasteiger partial charge in [0, 0.05) is 18.8 Å². The standard InChI is InChI=1S/C8H15N3OS/c1-7-6-13-8(9-7)10-11-2-4-12-5-3-11/h7H,2-6H2,1H3,(H,9,10). The number of rotatable bonds is 1. The van der Waals surface area contributed by atoms with E-state index in [1.165, 1.54) is 0 Å². The van der Waals surface area contributed by atoms with Gasteiger partial charge in [-0.3, -0.25) is 10.4 Å². The molecule has 1 saturated heterocycles. The molecule has 74 valence electrons. The van der Waals surface area contributed by atoms with Gasteiger partial charge in [0.05, 0.1) is 19.3 Å². The Balaban J connectivity index is 1.80. The molecule has 2 rings (SSSR count). The molecular formula is C8H15N3OS. The number of ether oxygens (including phenoxy) is 1. The van der Waals surface area contributed by atoms with Crippen LogP contribution in [0.15, 0.2) is 4.99 Å². The maximum atomic E-state index is 5.26. The fraction of sp³-hybridized carbons (Fsp3) is 0.875. The molecule has 1 fully saturated rings. The lowest BCUT2D eigenvalue weighted by Gasteiger charge is -2.27. The number of hydrazine groups is 1. The largest absolute Gasteiger partial charge is 0.379 e. The Bertz CT molecular complexity index is 204. The van der Waals surface area contributed by atoms with E-state index in [1.807, 2.05) is 0 Å². The molecule has 0 bridgehead atoms. The quantitative estimate of drug-likeness (QED) is 0.662. The average molecular weight is 201 g/mol. The third-order valence-corrected chi connectivity index (χ3v) is 3.18. The van der Waals surface area contributed by atoms with Crippen molar-refractivity contribution < 1.29 is 4.74 Å². The van der Waals surface area contributed by atoms with Crippen molar-refractivity contribution in [2.24, 2.45) is 4.99 Å². The number of amidine groups is 1. The number of nitrogens with zero attached hydrogens (tertiary/aromatic N) is 2. The lowest BCUT2D eigenvalue weighted by atomic mass is 10.4. The maximum absolute atomic E-state index is 5.26. The minimum atomic E-state index is 0.466. The van der Waals surface area contributed by atoms with E-state index in [-0.39, 0.29) is 0 Å². The van der Waals surface area contributed by atoms with Crippen LogP contribution in [-0.4, -0.2) is 48.3 Å². The summed E-state index contributed by atoms with van der Waals surface area (Å²) >= 11 is 1.80. The molecule has 0 amide bonds. The molecule has 0 aromatic heterocycles. The van der Waals surface area contributed by atoms with Gasteiger partial charge in [-0.05, 0) is 6.92 Å². The molecule has 1 N–H and O–H groups in total. The summed E-state index contributed by atoms with van der Waals surface area (Å²) in [7, 11) is 0. The van der Waals surface area contributed by atoms with Crippen molar-refractivity contribution in [2.45, 2.75) is 13.0 Å². The van der Waals surface area contributed by atoms with E-state index >= 15 is 0 Å². The molecule has 0 aliphatic carbocycles. The molecule has 0 aromatic rings. The first-order valence-electron chi connectivity index (χ1n) is 4.64. The predicted octanol–water partition coefficient (Wildman–Crippen LogP) is 0.315. The highest BCUT2D eigenvalue weighted by atomic mass is 32.2. The molecular weight excluding hydrogens is 186 g/mol. The second kappa shape index (κ2) is 4.30. The van der Waals surface area contributed by atoms with Gasteiger partial charge >= 0.3 is 0 Å². The first-order valence-corrected chi connectivity index (χ1v) is 5.63. The molecule has 2 aliphatic heterocycles. The highest BCUT2D eigenvalue weighted by Gasteiger charge is 2.17. The van der Waals surface area contributed by atoms with Gasteiger partial charge in [-0.25, -0.2) is 5.01 Å². The second-order valence-electron chi connectivity index (χ2n) is 3.31. The molecule has 4 nitrogen and oxygen atoms in total. The topological polar surface area (TPSA) is 36.9 Å². The van der Waals surface area contributed by atoms with Gasteiger partial charge in [0.25, 0.3) is 0 Å². The highest BCUT2D eigenvalue weighted by molar-refractivity contribution is 8.14. The molecule has 0 aromatic carbocycles. The first kappa shape index (κ1) is 9.30. The number of thioether (sulfide) groups is 1. The summed E-state index contributed by atoms with van der Waals surface area (Å²) in [5.41, 5.74) is 3.31. The highest BCUT2D eigenvalue weighted by Crippen LogP contribution is 2.15. The van der Waals surface area contributed by atoms with Crippen LogP contribution in [0.3, 0.4) is 0 Å². The zero-order valence-electron chi connectivity index (χ0n) is 7.82.